The minimum absolute atomic E-state index is 0.0151. The summed E-state index contributed by atoms with van der Waals surface area (Å²) in [5.41, 5.74) is 1.12. The molecule has 24 heavy (non-hydrogen) atoms. The van der Waals surface area contributed by atoms with Crippen molar-refractivity contribution in [2.75, 3.05) is 25.0 Å². The van der Waals surface area contributed by atoms with E-state index in [1.165, 1.54) is 0 Å². The van der Waals surface area contributed by atoms with E-state index >= 15 is 0 Å². The molecule has 2 atom stereocenters. The van der Waals surface area contributed by atoms with Crippen LogP contribution in [0, 0.1) is 6.92 Å². The highest BCUT2D eigenvalue weighted by Gasteiger charge is 2.28. The van der Waals surface area contributed by atoms with Crippen LogP contribution in [0.2, 0.25) is 0 Å². The third kappa shape index (κ3) is 4.15. The molecule has 1 amide bonds. The molecule has 2 aromatic rings. The first-order valence-corrected chi connectivity index (χ1v) is 8.04. The van der Waals surface area contributed by atoms with Crippen molar-refractivity contribution in [1.82, 2.24) is 24.6 Å². The van der Waals surface area contributed by atoms with Crippen molar-refractivity contribution in [3.8, 4) is 0 Å². The van der Waals surface area contributed by atoms with Gasteiger partial charge in [0.2, 0.25) is 11.9 Å². The van der Waals surface area contributed by atoms with Gasteiger partial charge in [-0.25, -0.2) is 9.97 Å². The molecule has 3 heterocycles. The summed E-state index contributed by atoms with van der Waals surface area (Å²) in [6.45, 7) is 6.58. The summed E-state index contributed by atoms with van der Waals surface area (Å²) in [6, 6.07) is 1.43. The van der Waals surface area contributed by atoms with E-state index in [4.69, 9.17) is 4.74 Å². The Morgan fingerprint density at radius 1 is 1.46 bits per heavy atom. The quantitative estimate of drug-likeness (QED) is 0.869. The second-order valence-electron chi connectivity index (χ2n) is 5.97. The highest BCUT2D eigenvalue weighted by Crippen LogP contribution is 2.12. The summed E-state index contributed by atoms with van der Waals surface area (Å²) in [5, 5.41) is 7.04. The second kappa shape index (κ2) is 7.50. The summed E-state index contributed by atoms with van der Waals surface area (Å²) < 4.78 is 7.69. The van der Waals surface area contributed by atoms with E-state index in [1.807, 2.05) is 30.9 Å². The predicted octanol–water partition coefficient (Wildman–Crippen LogP) is 0.710. The lowest BCUT2D eigenvalue weighted by molar-refractivity contribution is -0.124. The molecule has 1 aliphatic rings. The van der Waals surface area contributed by atoms with Crippen molar-refractivity contribution >= 4 is 11.9 Å². The number of hydrogen-bond donors (Lipinski definition) is 1. The molecular formula is C16H22N6O2. The Labute approximate surface area is 140 Å². The van der Waals surface area contributed by atoms with Crippen LogP contribution in [-0.2, 0) is 16.1 Å². The first-order valence-electron chi connectivity index (χ1n) is 8.04. The van der Waals surface area contributed by atoms with Crippen LogP contribution in [0.5, 0.6) is 0 Å². The number of aromatic nitrogens is 4. The van der Waals surface area contributed by atoms with E-state index in [-0.39, 0.29) is 18.1 Å². The average Bonchev–Trinajstić information content (AvgIpc) is 3.00. The number of hydrogen-bond acceptors (Lipinski definition) is 6. The number of rotatable bonds is 5. The summed E-state index contributed by atoms with van der Waals surface area (Å²) in [6.07, 6.45) is 7.04. The number of carbonyl (C=O) groups is 1. The summed E-state index contributed by atoms with van der Waals surface area (Å²) >= 11 is 0. The van der Waals surface area contributed by atoms with Crippen molar-refractivity contribution in [2.24, 2.45) is 0 Å². The van der Waals surface area contributed by atoms with Gasteiger partial charge in [-0.05, 0) is 25.5 Å². The second-order valence-corrected chi connectivity index (χ2v) is 5.97. The van der Waals surface area contributed by atoms with Crippen LogP contribution in [-0.4, -0.2) is 62.4 Å². The fourth-order valence-corrected chi connectivity index (χ4v) is 2.72. The van der Waals surface area contributed by atoms with Crippen LogP contribution in [0.4, 0.5) is 5.95 Å². The zero-order valence-electron chi connectivity index (χ0n) is 13.9. The maximum atomic E-state index is 12.4. The molecule has 8 nitrogen and oxygen atoms in total. The molecule has 128 valence electrons. The Morgan fingerprint density at radius 2 is 2.25 bits per heavy atom. The van der Waals surface area contributed by atoms with Crippen molar-refractivity contribution in [3.05, 3.63) is 36.4 Å². The first kappa shape index (κ1) is 16.5. The van der Waals surface area contributed by atoms with Crippen LogP contribution >= 0.6 is 0 Å². The molecule has 3 rings (SSSR count). The molecule has 0 aliphatic carbocycles. The third-order valence-corrected chi connectivity index (χ3v) is 4.05. The van der Waals surface area contributed by atoms with Gasteiger partial charge in [0.25, 0.3) is 0 Å². The average molecular weight is 330 g/mol. The zero-order chi connectivity index (χ0) is 16.9. The Balaban J connectivity index is 1.56. The molecule has 0 spiro atoms. The van der Waals surface area contributed by atoms with E-state index in [2.05, 4.69) is 25.3 Å². The Morgan fingerprint density at radius 3 is 2.96 bits per heavy atom. The standard InChI is InChI=1S/C16H22N6O2/c1-12-8-19-22(9-12)11-14-10-21(6-7-24-14)13(2)15(23)20-16-17-4-3-5-18-16/h3-5,8-9,13-14H,6-7,10-11H2,1-2H3,(H,17,18,20,23)/t13-,14-/m1/s1. The van der Waals surface area contributed by atoms with Crippen LogP contribution in [0.15, 0.2) is 30.9 Å². The SMILES string of the molecule is Cc1cnn(C[C@H]2CN([C@H](C)C(=O)Nc3ncccn3)CCO2)c1. The topological polar surface area (TPSA) is 85.2 Å². The molecule has 1 fully saturated rings. The molecule has 0 bridgehead atoms. The van der Waals surface area contributed by atoms with Gasteiger partial charge in [0, 0.05) is 31.7 Å². The van der Waals surface area contributed by atoms with Crippen LogP contribution in [0.25, 0.3) is 0 Å². The molecule has 0 unspecified atom stereocenters. The van der Waals surface area contributed by atoms with E-state index in [0.717, 1.165) is 12.1 Å². The molecule has 1 N–H and O–H groups in total. The highest BCUT2D eigenvalue weighted by atomic mass is 16.5. The number of ether oxygens (including phenoxy) is 1. The molecule has 0 aromatic carbocycles. The zero-order valence-corrected chi connectivity index (χ0v) is 13.9. The van der Waals surface area contributed by atoms with Crippen molar-refractivity contribution in [3.63, 3.8) is 0 Å². The largest absolute Gasteiger partial charge is 0.374 e. The third-order valence-electron chi connectivity index (χ3n) is 4.05. The number of nitrogens with zero attached hydrogens (tertiary/aromatic N) is 5. The van der Waals surface area contributed by atoms with Gasteiger partial charge in [-0.15, -0.1) is 0 Å². The van der Waals surface area contributed by atoms with Gasteiger partial charge in [0.1, 0.15) is 0 Å². The number of nitrogens with one attached hydrogen (secondary N) is 1. The van der Waals surface area contributed by atoms with E-state index in [9.17, 15) is 4.79 Å². The Bertz CT molecular complexity index is 674. The van der Waals surface area contributed by atoms with Gasteiger partial charge in [0.05, 0.1) is 31.5 Å². The molecule has 1 aliphatic heterocycles. The summed E-state index contributed by atoms with van der Waals surface area (Å²) in [5.74, 6) is 0.211. The smallest absolute Gasteiger partial charge is 0.243 e. The normalized spacial score (nSPS) is 19.8. The lowest BCUT2D eigenvalue weighted by Gasteiger charge is -2.35. The fraction of sp³-hybridized carbons (Fsp3) is 0.500. The maximum absolute atomic E-state index is 12.4. The minimum Gasteiger partial charge on any atom is -0.374 e. The number of carbonyl (C=O) groups excluding carboxylic acids is 1. The Kier molecular flexibility index (Phi) is 5.17. The summed E-state index contributed by atoms with van der Waals surface area (Å²) in [7, 11) is 0. The van der Waals surface area contributed by atoms with Crippen LogP contribution in [0.1, 0.15) is 12.5 Å². The number of amides is 1. The lowest BCUT2D eigenvalue weighted by Crippen LogP contribution is -2.51. The Hall–Kier alpha value is -2.32. The molecular weight excluding hydrogens is 308 g/mol. The van der Waals surface area contributed by atoms with Crippen LogP contribution in [0.3, 0.4) is 0 Å². The van der Waals surface area contributed by atoms with Gasteiger partial charge in [-0.1, -0.05) is 0 Å². The summed E-state index contributed by atoms with van der Waals surface area (Å²) in [4.78, 5) is 22.5. The number of anilines is 1. The highest BCUT2D eigenvalue weighted by molar-refractivity contribution is 5.93. The molecule has 8 heteroatoms. The monoisotopic (exact) mass is 330 g/mol. The van der Waals surface area contributed by atoms with Crippen LogP contribution < -0.4 is 5.32 Å². The van der Waals surface area contributed by atoms with Gasteiger partial charge in [-0.3, -0.25) is 19.7 Å². The minimum atomic E-state index is -0.278. The lowest BCUT2D eigenvalue weighted by atomic mass is 10.2. The molecule has 1 saturated heterocycles. The van der Waals surface area contributed by atoms with Gasteiger partial charge in [-0.2, -0.15) is 5.10 Å². The van der Waals surface area contributed by atoms with E-state index in [0.29, 0.717) is 25.6 Å². The van der Waals surface area contributed by atoms with E-state index in [1.54, 1.807) is 18.5 Å². The first-order chi connectivity index (χ1) is 11.6. The number of morpholine rings is 1. The van der Waals surface area contributed by atoms with E-state index < -0.39 is 0 Å². The van der Waals surface area contributed by atoms with Crippen molar-refractivity contribution in [1.29, 1.82) is 0 Å². The molecule has 0 radical (unpaired) electrons. The van der Waals surface area contributed by atoms with Gasteiger partial charge < -0.3 is 4.74 Å². The fourth-order valence-electron chi connectivity index (χ4n) is 2.72. The van der Waals surface area contributed by atoms with Gasteiger partial charge >= 0.3 is 0 Å². The number of aryl methyl sites for hydroxylation is 1. The molecule has 2 aromatic heterocycles. The maximum Gasteiger partial charge on any atom is 0.243 e. The van der Waals surface area contributed by atoms with Gasteiger partial charge in [0.15, 0.2) is 0 Å². The van der Waals surface area contributed by atoms with Crippen molar-refractivity contribution < 1.29 is 9.53 Å². The molecule has 0 saturated carbocycles. The van der Waals surface area contributed by atoms with Crippen molar-refractivity contribution in [2.45, 2.75) is 32.5 Å². The predicted molar refractivity (Wildman–Crippen MR) is 88.4 cm³/mol.